The highest BCUT2D eigenvalue weighted by molar-refractivity contribution is 7.66. The molecule has 0 bridgehead atoms. The summed E-state index contributed by atoms with van der Waals surface area (Å²) < 4.78 is 11.1. The summed E-state index contributed by atoms with van der Waals surface area (Å²) in [6.45, 7) is 7.05. The van der Waals surface area contributed by atoms with Crippen LogP contribution in [0.2, 0.25) is 5.02 Å². The van der Waals surface area contributed by atoms with Gasteiger partial charge in [0.15, 0.2) is 5.52 Å². The van der Waals surface area contributed by atoms with E-state index in [0.29, 0.717) is 28.9 Å². The maximum absolute atomic E-state index is 12.7. The van der Waals surface area contributed by atoms with E-state index in [1.165, 1.54) is 0 Å². The van der Waals surface area contributed by atoms with E-state index in [9.17, 15) is 4.79 Å². The molecule has 0 heterocycles. The largest absolute Gasteiger partial charge is 0.496 e. The van der Waals surface area contributed by atoms with E-state index in [0.717, 1.165) is 23.0 Å². The Balaban J connectivity index is 2.11. The number of aryl methyl sites for hydroxylation is 1. The van der Waals surface area contributed by atoms with E-state index >= 15 is 0 Å². The first-order valence-corrected chi connectivity index (χ1v) is 9.67. The molecule has 0 saturated heterocycles. The number of carbonyl (C=O) groups excluding carboxylic acids is 1. The van der Waals surface area contributed by atoms with Crippen LogP contribution < -0.4 is 14.8 Å². The van der Waals surface area contributed by atoms with Crippen molar-refractivity contribution in [1.29, 1.82) is 0 Å². The highest BCUT2D eigenvalue weighted by Crippen LogP contribution is 2.33. The van der Waals surface area contributed by atoms with E-state index in [1.807, 2.05) is 25.1 Å². The van der Waals surface area contributed by atoms with Crippen molar-refractivity contribution in [1.82, 2.24) is 0 Å². The van der Waals surface area contributed by atoms with E-state index in [1.54, 1.807) is 25.3 Å². The van der Waals surface area contributed by atoms with Crippen LogP contribution in [-0.4, -0.2) is 19.2 Å². The lowest BCUT2D eigenvalue weighted by atomic mass is 10.1. The number of carbonyl (C=O) groups is 1. The quantitative estimate of drug-likeness (QED) is 0.590. The summed E-state index contributed by atoms with van der Waals surface area (Å²) in [4.78, 5) is 12.7. The lowest BCUT2D eigenvalue weighted by Crippen LogP contribution is -2.08. The van der Waals surface area contributed by atoms with Gasteiger partial charge in [-0.2, -0.15) is 0 Å². The standard InChI is InChI=1S/C20H24ClO3P/c1-13(2)10-11-24-15-8-9-18(14(3)12-15)25-20(22)19-16(21)6-5-7-17(19)23-4/h5-9,12-13,25H,10-11H2,1-4H3. The molecule has 1 unspecified atom stereocenters. The van der Waals surface area contributed by atoms with Gasteiger partial charge in [0, 0.05) is 0 Å². The van der Waals surface area contributed by atoms with Crippen molar-refractivity contribution in [3.05, 3.63) is 52.5 Å². The van der Waals surface area contributed by atoms with Crippen molar-refractivity contribution in [2.75, 3.05) is 13.7 Å². The Kier molecular flexibility index (Phi) is 7.28. The first-order chi connectivity index (χ1) is 11.9. The molecular weight excluding hydrogens is 355 g/mol. The number of hydrogen-bond acceptors (Lipinski definition) is 3. The van der Waals surface area contributed by atoms with Crippen molar-refractivity contribution in [2.45, 2.75) is 27.2 Å². The van der Waals surface area contributed by atoms with Crippen molar-refractivity contribution in [3.8, 4) is 11.5 Å². The molecule has 0 aliphatic rings. The van der Waals surface area contributed by atoms with Crippen molar-refractivity contribution in [3.63, 3.8) is 0 Å². The highest BCUT2D eigenvalue weighted by atomic mass is 35.5. The number of ether oxygens (including phenoxy) is 2. The van der Waals surface area contributed by atoms with Crippen LogP contribution in [0.1, 0.15) is 36.2 Å². The van der Waals surface area contributed by atoms with Crippen LogP contribution in [-0.2, 0) is 0 Å². The zero-order valence-electron chi connectivity index (χ0n) is 15.1. The fourth-order valence-electron chi connectivity index (χ4n) is 2.36. The monoisotopic (exact) mass is 378 g/mol. The molecule has 0 spiro atoms. The molecule has 1 atom stereocenters. The van der Waals surface area contributed by atoms with Crippen molar-refractivity contribution >= 4 is 31.0 Å². The molecule has 0 aliphatic carbocycles. The van der Waals surface area contributed by atoms with Crippen LogP contribution in [0, 0.1) is 12.8 Å². The van der Waals surface area contributed by atoms with Gasteiger partial charge in [-0.25, -0.2) is 0 Å². The molecule has 3 nitrogen and oxygen atoms in total. The SMILES string of the molecule is COc1cccc(Cl)c1C(=O)Pc1ccc(OCCC(C)C)cc1C. The van der Waals surface area contributed by atoms with E-state index in [4.69, 9.17) is 21.1 Å². The Morgan fingerprint density at radius 2 is 2.00 bits per heavy atom. The van der Waals surface area contributed by atoms with Crippen molar-refractivity contribution in [2.24, 2.45) is 5.92 Å². The van der Waals surface area contributed by atoms with Crippen LogP contribution in [0.3, 0.4) is 0 Å². The Labute approximate surface area is 156 Å². The molecule has 0 saturated carbocycles. The lowest BCUT2D eigenvalue weighted by molar-refractivity contribution is 0.108. The summed E-state index contributed by atoms with van der Waals surface area (Å²) in [6.07, 6.45) is 1.02. The maximum atomic E-state index is 12.7. The third-order valence-electron chi connectivity index (χ3n) is 3.83. The Hall–Kier alpha value is -1.57. The van der Waals surface area contributed by atoms with Gasteiger partial charge in [0.2, 0.25) is 0 Å². The fourth-order valence-corrected chi connectivity index (χ4v) is 3.75. The number of rotatable bonds is 8. The zero-order chi connectivity index (χ0) is 18.4. The molecule has 0 aliphatic heterocycles. The van der Waals surface area contributed by atoms with Crippen molar-refractivity contribution < 1.29 is 14.3 Å². The van der Waals surface area contributed by atoms with Crippen LogP contribution in [0.25, 0.3) is 0 Å². The third kappa shape index (κ3) is 5.45. The summed E-state index contributed by atoms with van der Waals surface area (Å²) in [5, 5.41) is 1.41. The molecule has 2 aromatic rings. The predicted octanol–water partition coefficient (Wildman–Crippen LogP) is 5.23. The second kappa shape index (κ2) is 9.22. The van der Waals surface area contributed by atoms with Crippen LogP contribution in [0.15, 0.2) is 36.4 Å². The van der Waals surface area contributed by atoms with Gasteiger partial charge in [0.05, 0.1) is 24.3 Å². The summed E-state index contributed by atoms with van der Waals surface area (Å²) >= 11 is 6.20. The second-order valence-corrected chi connectivity index (χ2v) is 7.93. The minimum Gasteiger partial charge on any atom is -0.496 e. The predicted molar refractivity (Wildman–Crippen MR) is 106 cm³/mol. The van der Waals surface area contributed by atoms with Gasteiger partial charge in [-0.05, 0) is 63.0 Å². The molecule has 0 aromatic heterocycles. The van der Waals surface area contributed by atoms with Crippen LogP contribution in [0.5, 0.6) is 11.5 Å². The fraction of sp³-hybridized carbons (Fsp3) is 0.350. The van der Waals surface area contributed by atoms with Gasteiger partial charge in [0.25, 0.3) is 0 Å². The summed E-state index contributed by atoms with van der Waals surface area (Å²) in [5.74, 6) is 1.97. The van der Waals surface area contributed by atoms with Gasteiger partial charge in [0.1, 0.15) is 11.5 Å². The van der Waals surface area contributed by atoms with Gasteiger partial charge >= 0.3 is 0 Å². The van der Waals surface area contributed by atoms with Crippen LogP contribution >= 0.6 is 20.2 Å². The highest BCUT2D eigenvalue weighted by Gasteiger charge is 2.17. The van der Waals surface area contributed by atoms with E-state index < -0.39 is 0 Å². The Morgan fingerprint density at radius 1 is 1.24 bits per heavy atom. The first kappa shape index (κ1) is 19.8. The number of methoxy groups -OCH3 is 1. The molecule has 0 N–H and O–H groups in total. The van der Waals surface area contributed by atoms with Gasteiger partial charge in [-0.1, -0.05) is 37.6 Å². The molecule has 0 radical (unpaired) electrons. The number of halogens is 1. The molecular formula is C20H24ClO3P. The Bertz CT molecular complexity index is 744. The second-order valence-electron chi connectivity index (χ2n) is 6.28. The smallest absolute Gasteiger partial charge is 0.190 e. The van der Waals surface area contributed by atoms with Gasteiger partial charge < -0.3 is 9.47 Å². The first-order valence-electron chi connectivity index (χ1n) is 8.29. The molecule has 25 heavy (non-hydrogen) atoms. The Morgan fingerprint density at radius 3 is 2.64 bits per heavy atom. The average molecular weight is 379 g/mol. The van der Waals surface area contributed by atoms with Crippen LogP contribution in [0.4, 0.5) is 0 Å². The summed E-state index contributed by atoms with van der Waals surface area (Å²) in [7, 11) is 1.53. The normalized spacial score (nSPS) is 11.3. The molecule has 2 aromatic carbocycles. The van der Waals surface area contributed by atoms with Gasteiger partial charge in [-0.15, -0.1) is 0 Å². The minimum absolute atomic E-state index is 0.0139. The zero-order valence-corrected chi connectivity index (χ0v) is 16.8. The average Bonchev–Trinajstić information content (AvgIpc) is 2.56. The number of benzene rings is 2. The molecule has 2 rings (SSSR count). The minimum atomic E-state index is -0.0287. The summed E-state index contributed by atoms with van der Waals surface area (Å²) in [6, 6.07) is 11.1. The molecule has 134 valence electrons. The van der Waals surface area contributed by atoms with E-state index in [-0.39, 0.29) is 14.1 Å². The molecule has 5 heteroatoms. The lowest BCUT2D eigenvalue weighted by Gasteiger charge is -2.12. The molecule has 0 amide bonds. The third-order valence-corrected chi connectivity index (χ3v) is 5.45. The van der Waals surface area contributed by atoms with E-state index in [2.05, 4.69) is 13.8 Å². The maximum Gasteiger partial charge on any atom is 0.190 e. The summed E-state index contributed by atoms with van der Waals surface area (Å²) in [5.41, 5.74) is 1.46. The topological polar surface area (TPSA) is 35.5 Å². The molecule has 0 fully saturated rings. The van der Waals surface area contributed by atoms with Gasteiger partial charge in [-0.3, -0.25) is 4.79 Å². The number of hydrogen-bond donors (Lipinski definition) is 0.